The van der Waals surface area contributed by atoms with E-state index >= 15 is 0 Å². The second kappa shape index (κ2) is 11.7. The number of nitrogens with zero attached hydrogens (tertiary/aromatic N) is 5. The number of ether oxygens (including phenoxy) is 1. The molecule has 2 heterocycles. The molecule has 0 aliphatic carbocycles. The van der Waals surface area contributed by atoms with Crippen molar-refractivity contribution >= 4 is 17.6 Å². The fraction of sp³-hybridized carbons (Fsp3) is 0.333. The maximum absolute atomic E-state index is 12.6. The van der Waals surface area contributed by atoms with Crippen LogP contribution in [0.15, 0.2) is 54.9 Å². The number of benzene rings is 2. The van der Waals surface area contributed by atoms with Gasteiger partial charge in [0, 0.05) is 44.5 Å². The maximum atomic E-state index is 12.6. The van der Waals surface area contributed by atoms with Gasteiger partial charge in [-0.1, -0.05) is 19.1 Å². The Balaban J connectivity index is 0.000000454. The Kier molecular flexibility index (Phi) is 8.64. The number of alkyl halides is 3. The van der Waals surface area contributed by atoms with Crippen molar-refractivity contribution in [3.05, 3.63) is 60.4 Å². The van der Waals surface area contributed by atoms with Crippen molar-refractivity contribution in [2.24, 2.45) is 7.05 Å². The second-order valence-corrected chi connectivity index (χ2v) is 7.90. The molecule has 12 heteroatoms. The summed E-state index contributed by atoms with van der Waals surface area (Å²) in [6, 6.07) is 15.0. The Morgan fingerprint density at radius 3 is 2.22 bits per heavy atom. The Labute approximate surface area is 205 Å². The first-order valence-corrected chi connectivity index (χ1v) is 11.1. The van der Waals surface area contributed by atoms with Crippen LogP contribution < -0.4 is 9.64 Å². The molecule has 2 aromatic carbocycles. The van der Waals surface area contributed by atoms with Crippen LogP contribution in [0.3, 0.4) is 0 Å². The molecule has 0 amide bonds. The third-order valence-corrected chi connectivity index (χ3v) is 5.54. The third kappa shape index (κ3) is 7.04. The van der Waals surface area contributed by atoms with E-state index in [0.29, 0.717) is 11.3 Å². The number of carbonyl (C=O) groups is 2. The first-order valence-electron chi connectivity index (χ1n) is 11.1. The Hall–Kier alpha value is -3.93. The van der Waals surface area contributed by atoms with Gasteiger partial charge in [-0.3, -0.25) is 0 Å². The number of piperazine rings is 1. The summed E-state index contributed by atoms with van der Waals surface area (Å²) in [7, 11) is 1.82. The van der Waals surface area contributed by atoms with Crippen LogP contribution in [0.25, 0.3) is 11.4 Å². The number of aromatic nitrogens is 3. The predicted molar refractivity (Wildman–Crippen MR) is 126 cm³/mol. The summed E-state index contributed by atoms with van der Waals surface area (Å²) in [6.45, 7) is 7.44. The first kappa shape index (κ1) is 26.7. The molecule has 3 aromatic rings. The highest BCUT2D eigenvalue weighted by Gasteiger charge is 2.38. The smallest absolute Gasteiger partial charge is 0.475 e. The lowest BCUT2D eigenvalue weighted by molar-refractivity contribution is -0.192. The van der Waals surface area contributed by atoms with Crippen LogP contribution in [0.2, 0.25) is 0 Å². The number of likely N-dealkylation sites (N-methyl/N-ethyl adjacent to an activating group) is 1. The number of esters is 1. The third-order valence-electron chi connectivity index (χ3n) is 5.54. The van der Waals surface area contributed by atoms with Gasteiger partial charge >= 0.3 is 18.1 Å². The number of halogens is 3. The minimum atomic E-state index is -5.08. The van der Waals surface area contributed by atoms with Crippen LogP contribution in [0.4, 0.5) is 18.9 Å². The van der Waals surface area contributed by atoms with Crippen molar-refractivity contribution in [3.63, 3.8) is 0 Å². The summed E-state index contributed by atoms with van der Waals surface area (Å²) in [5.41, 5.74) is 2.52. The average Bonchev–Trinajstić information content (AvgIpc) is 3.30. The van der Waals surface area contributed by atoms with E-state index in [1.54, 1.807) is 16.8 Å². The largest absolute Gasteiger partial charge is 0.490 e. The van der Waals surface area contributed by atoms with E-state index in [4.69, 9.17) is 14.6 Å². The minimum Gasteiger partial charge on any atom is -0.475 e. The zero-order valence-electron chi connectivity index (χ0n) is 19.8. The molecule has 9 nitrogen and oxygen atoms in total. The summed E-state index contributed by atoms with van der Waals surface area (Å²) in [5.74, 6) is -1.93. The number of hydrogen-bond donors (Lipinski definition) is 1. The lowest BCUT2D eigenvalue weighted by Gasteiger charge is -2.35. The average molecular weight is 505 g/mol. The number of carboxylic acids is 1. The standard InChI is InChI=1S/C22H25N5O2.C2HF3O2/c1-3-26-11-13-27(14-12-26)19-9-7-17(8-10-19)22(28)29-20-6-4-5-18(15-20)21-23-16-24-25(21)2;3-2(4,5)1(6)7/h4-10,15-16H,3,11-14H2,1-2H3;(H,6,7). The highest BCUT2D eigenvalue weighted by Crippen LogP contribution is 2.23. The molecular weight excluding hydrogens is 479 g/mol. The Morgan fingerprint density at radius 2 is 1.69 bits per heavy atom. The fourth-order valence-corrected chi connectivity index (χ4v) is 3.55. The number of aliphatic carboxylic acids is 1. The van der Waals surface area contributed by atoms with Gasteiger partial charge in [0.15, 0.2) is 5.82 Å². The monoisotopic (exact) mass is 505 g/mol. The summed E-state index contributed by atoms with van der Waals surface area (Å²) in [5, 5.41) is 11.2. The molecule has 1 fully saturated rings. The molecule has 1 aliphatic heterocycles. The zero-order chi connectivity index (χ0) is 26.3. The number of aryl methyl sites for hydroxylation is 1. The molecule has 0 saturated carbocycles. The van der Waals surface area contributed by atoms with Crippen LogP contribution in [-0.2, 0) is 11.8 Å². The number of carbonyl (C=O) groups excluding carboxylic acids is 1. The van der Waals surface area contributed by atoms with Gasteiger partial charge in [-0.25, -0.2) is 19.3 Å². The molecule has 36 heavy (non-hydrogen) atoms. The quantitative estimate of drug-likeness (QED) is 0.416. The minimum absolute atomic E-state index is 0.373. The van der Waals surface area contributed by atoms with Crippen LogP contribution in [-0.4, -0.2) is 75.6 Å². The molecule has 1 aliphatic rings. The van der Waals surface area contributed by atoms with Crippen molar-refractivity contribution in [1.82, 2.24) is 19.7 Å². The molecule has 4 rings (SSSR count). The van der Waals surface area contributed by atoms with Crippen LogP contribution in [0.5, 0.6) is 5.75 Å². The van der Waals surface area contributed by atoms with E-state index < -0.39 is 12.1 Å². The van der Waals surface area contributed by atoms with Gasteiger partial charge in [-0.2, -0.15) is 18.3 Å². The maximum Gasteiger partial charge on any atom is 0.490 e. The van der Waals surface area contributed by atoms with E-state index in [1.165, 1.54) is 6.33 Å². The second-order valence-electron chi connectivity index (χ2n) is 7.90. The summed E-state index contributed by atoms with van der Waals surface area (Å²) < 4.78 is 39.0. The molecule has 1 aromatic heterocycles. The molecule has 0 radical (unpaired) electrons. The molecule has 1 saturated heterocycles. The molecular formula is C24H26F3N5O4. The highest BCUT2D eigenvalue weighted by atomic mass is 19.4. The van der Waals surface area contributed by atoms with E-state index in [-0.39, 0.29) is 5.97 Å². The first-order chi connectivity index (χ1) is 17.1. The molecule has 0 unspecified atom stereocenters. The number of carboxylic acid groups (broad SMARTS) is 1. The Morgan fingerprint density at radius 1 is 1.06 bits per heavy atom. The summed E-state index contributed by atoms with van der Waals surface area (Å²) in [6.07, 6.45) is -3.59. The Bertz CT molecular complexity index is 1170. The van der Waals surface area contributed by atoms with Gasteiger partial charge in [0.25, 0.3) is 0 Å². The van der Waals surface area contributed by atoms with Crippen molar-refractivity contribution in [1.29, 1.82) is 0 Å². The zero-order valence-corrected chi connectivity index (χ0v) is 19.8. The van der Waals surface area contributed by atoms with Crippen LogP contribution in [0.1, 0.15) is 17.3 Å². The number of rotatable bonds is 5. The van der Waals surface area contributed by atoms with Gasteiger partial charge in [-0.05, 0) is 42.9 Å². The highest BCUT2D eigenvalue weighted by molar-refractivity contribution is 5.91. The SMILES string of the molecule is CCN1CCN(c2ccc(C(=O)Oc3cccc(-c4ncnn4C)c3)cc2)CC1.O=C(O)C(F)(F)F. The van der Waals surface area contributed by atoms with Crippen molar-refractivity contribution < 1.29 is 32.6 Å². The molecule has 0 bridgehead atoms. The summed E-state index contributed by atoms with van der Waals surface area (Å²) in [4.78, 5) is 30.5. The van der Waals surface area contributed by atoms with E-state index in [9.17, 15) is 18.0 Å². The van der Waals surface area contributed by atoms with Gasteiger partial charge in [0.2, 0.25) is 0 Å². The van der Waals surface area contributed by atoms with Crippen LogP contribution >= 0.6 is 0 Å². The predicted octanol–water partition coefficient (Wildman–Crippen LogP) is 3.48. The molecule has 0 spiro atoms. The van der Waals surface area contributed by atoms with Gasteiger partial charge in [0.05, 0.1) is 5.56 Å². The normalized spacial score (nSPS) is 14.1. The lowest BCUT2D eigenvalue weighted by atomic mass is 10.1. The van der Waals surface area contributed by atoms with Gasteiger partial charge in [-0.15, -0.1) is 0 Å². The van der Waals surface area contributed by atoms with Crippen LogP contribution in [0, 0.1) is 0 Å². The van der Waals surface area contributed by atoms with Crippen molar-refractivity contribution in [2.75, 3.05) is 37.6 Å². The summed E-state index contributed by atoms with van der Waals surface area (Å²) >= 11 is 0. The number of anilines is 1. The fourth-order valence-electron chi connectivity index (χ4n) is 3.55. The van der Waals surface area contributed by atoms with E-state index in [2.05, 4.69) is 26.8 Å². The van der Waals surface area contributed by atoms with Crippen molar-refractivity contribution in [3.8, 4) is 17.1 Å². The van der Waals surface area contributed by atoms with Gasteiger partial charge in [0.1, 0.15) is 12.1 Å². The van der Waals surface area contributed by atoms with Gasteiger partial charge < -0.3 is 19.6 Å². The lowest BCUT2D eigenvalue weighted by Crippen LogP contribution is -2.46. The van der Waals surface area contributed by atoms with E-state index in [1.807, 2.05) is 43.4 Å². The molecule has 1 N–H and O–H groups in total. The van der Waals surface area contributed by atoms with E-state index in [0.717, 1.165) is 49.8 Å². The van der Waals surface area contributed by atoms with Crippen molar-refractivity contribution in [2.45, 2.75) is 13.1 Å². The molecule has 0 atom stereocenters. The number of hydrogen-bond acceptors (Lipinski definition) is 7. The topological polar surface area (TPSA) is 101 Å². The molecule has 192 valence electrons.